The van der Waals surface area contributed by atoms with E-state index in [1.807, 2.05) is 0 Å². The largest absolute Gasteiger partial charge is 0.516 e. The average molecular weight is 406 g/mol. The zero-order chi connectivity index (χ0) is 20.7. The fourth-order valence-corrected chi connectivity index (χ4v) is 1.09. The Morgan fingerprint density at radius 3 is 1.32 bits per heavy atom. The maximum absolute atomic E-state index is 13.7. The van der Waals surface area contributed by atoms with Gasteiger partial charge < -0.3 is 9.47 Å². The summed E-state index contributed by atoms with van der Waals surface area (Å²) < 4.78 is 169. The molecular weight excluding hydrogens is 403 g/mol. The molecule has 0 aromatic rings. The molecule has 0 aliphatic heterocycles. The van der Waals surface area contributed by atoms with Gasteiger partial charge in [0.05, 0.1) is 6.26 Å². The predicted octanol–water partition coefficient (Wildman–Crippen LogP) is 4.98. The molecule has 0 spiro atoms. The molecule has 0 aliphatic carbocycles. The fraction of sp³-hybridized carbons (Fsp3) is 0.667. The second-order valence-electron chi connectivity index (χ2n) is 3.95. The number of carbonyl (C=O) groups excluding carboxylic acids is 1. The van der Waals surface area contributed by atoms with Crippen LogP contribution in [0.3, 0.4) is 0 Å². The van der Waals surface area contributed by atoms with Crippen LogP contribution in [-0.4, -0.2) is 42.1 Å². The van der Waals surface area contributed by atoms with E-state index < -0.39 is 42.1 Å². The number of alkyl halides is 13. The van der Waals surface area contributed by atoms with Gasteiger partial charge in [-0.15, -0.1) is 0 Å². The summed E-state index contributed by atoms with van der Waals surface area (Å²) >= 11 is 0. The van der Waals surface area contributed by atoms with E-state index in [0.717, 1.165) is 0 Å². The molecule has 148 valence electrons. The summed E-state index contributed by atoms with van der Waals surface area (Å²) in [5.74, 6) is -31.0. The number of carbonyl (C=O) groups is 1. The van der Waals surface area contributed by atoms with Crippen molar-refractivity contribution in [1.82, 2.24) is 0 Å². The molecule has 0 amide bonds. The standard InChI is InChI=1S/C9H3F13O3/c1-2-24-3(23)25-7(16,6(14,15)9(20,21)22)4(10,11)5(12,13)8(17,18)19/h2H,1H2. The highest BCUT2D eigenvalue weighted by atomic mass is 19.4. The Labute approximate surface area is 128 Å². The van der Waals surface area contributed by atoms with Crippen LogP contribution < -0.4 is 0 Å². The van der Waals surface area contributed by atoms with Gasteiger partial charge in [-0.3, -0.25) is 0 Å². The van der Waals surface area contributed by atoms with Crippen molar-refractivity contribution in [3.63, 3.8) is 0 Å². The monoisotopic (exact) mass is 406 g/mol. The maximum atomic E-state index is 13.7. The summed E-state index contributed by atoms with van der Waals surface area (Å²) in [7, 11) is 0. The Kier molecular flexibility index (Phi) is 5.65. The van der Waals surface area contributed by atoms with Crippen molar-refractivity contribution in [2.45, 2.75) is 36.0 Å². The molecule has 0 bridgehead atoms. The molecule has 0 aliphatic rings. The number of hydrogen-bond donors (Lipinski definition) is 0. The third kappa shape index (κ3) is 3.42. The summed E-state index contributed by atoms with van der Waals surface area (Å²) in [6.07, 6.45) is -18.5. The quantitative estimate of drug-likeness (QED) is 0.367. The second-order valence-corrected chi connectivity index (χ2v) is 3.95. The molecular formula is C9H3F13O3. The smallest absolute Gasteiger partial charge is 0.404 e. The van der Waals surface area contributed by atoms with Crippen LogP contribution in [-0.2, 0) is 9.47 Å². The first kappa shape index (κ1) is 23.1. The molecule has 3 nitrogen and oxygen atoms in total. The molecule has 0 N–H and O–H groups in total. The number of halogens is 13. The van der Waals surface area contributed by atoms with Crippen LogP contribution in [0.2, 0.25) is 0 Å². The van der Waals surface area contributed by atoms with Gasteiger partial charge in [0.15, 0.2) is 0 Å². The first-order valence-electron chi connectivity index (χ1n) is 5.17. The van der Waals surface area contributed by atoms with Crippen molar-refractivity contribution in [2.75, 3.05) is 0 Å². The lowest BCUT2D eigenvalue weighted by Gasteiger charge is -2.40. The van der Waals surface area contributed by atoms with E-state index in [0.29, 0.717) is 0 Å². The summed E-state index contributed by atoms with van der Waals surface area (Å²) in [5, 5.41) is 0. The SMILES string of the molecule is C=COC(=O)OC(F)(C(F)(F)C(F)(F)F)C(F)(F)C(F)(F)C(F)(F)F. The topological polar surface area (TPSA) is 35.5 Å². The Morgan fingerprint density at radius 2 is 1.04 bits per heavy atom. The molecule has 0 rings (SSSR count). The van der Waals surface area contributed by atoms with Crippen LogP contribution in [0.4, 0.5) is 61.9 Å². The minimum absolute atomic E-state index is 0.228. The summed E-state index contributed by atoms with van der Waals surface area (Å²) in [5.41, 5.74) is 0. The van der Waals surface area contributed by atoms with Crippen LogP contribution in [0, 0.1) is 0 Å². The van der Waals surface area contributed by atoms with Crippen LogP contribution in [0.1, 0.15) is 0 Å². The van der Waals surface area contributed by atoms with Gasteiger partial charge in [0.2, 0.25) is 0 Å². The van der Waals surface area contributed by atoms with Gasteiger partial charge in [-0.1, -0.05) is 6.58 Å². The molecule has 16 heteroatoms. The molecule has 1 unspecified atom stereocenters. The molecule has 0 aromatic heterocycles. The van der Waals surface area contributed by atoms with E-state index in [1.165, 1.54) is 0 Å². The van der Waals surface area contributed by atoms with Crippen molar-refractivity contribution in [1.29, 1.82) is 0 Å². The van der Waals surface area contributed by atoms with Crippen LogP contribution in [0.5, 0.6) is 0 Å². The predicted molar refractivity (Wildman–Crippen MR) is 48.6 cm³/mol. The van der Waals surface area contributed by atoms with Crippen molar-refractivity contribution in [3.05, 3.63) is 12.8 Å². The van der Waals surface area contributed by atoms with Crippen LogP contribution in [0.15, 0.2) is 12.8 Å². The van der Waals surface area contributed by atoms with Gasteiger partial charge in [0.25, 0.3) is 0 Å². The van der Waals surface area contributed by atoms with E-state index in [2.05, 4.69) is 16.1 Å². The zero-order valence-electron chi connectivity index (χ0n) is 10.9. The average Bonchev–Trinajstić information content (AvgIpc) is 2.35. The third-order valence-corrected chi connectivity index (χ3v) is 2.32. The molecule has 0 heterocycles. The lowest BCUT2D eigenvalue weighted by atomic mass is 9.96. The van der Waals surface area contributed by atoms with Gasteiger partial charge in [0, 0.05) is 0 Å². The Morgan fingerprint density at radius 1 is 0.680 bits per heavy atom. The van der Waals surface area contributed by atoms with E-state index in [1.54, 1.807) is 0 Å². The van der Waals surface area contributed by atoms with Gasteiger partial charge >= 0.3 is 42.1 Å². The van der Waals surface area contributed by atoms with Crippen LogP contribution >= 0.6 is 0 Å². The highest BCUT2D eigenvalue weighted by molar-refractivity contribution is 5.61. The minimum atomic E-state index is -7.95. The van der Waals surface area contributed by atoms with E-state index in [4.69, 9.17) is 0 Å². The summed E-state index contributed by atoms with van der Waals surface area (Å²) in [6.45, 7) is 2.42. The zero-order valence-corrected chi connectivity index (χ0v) is 10.9. The molecule has 0 saturated carbocycles. The van der Waals surface area contributed by atoms with Gasteiger partial charge in [-0.2, -0.15) is 57.1 Å². The first-order valence-corrected chi connectivity index (χ1v) is 5.17. The molecule has 25 heavy (non-hydrogen) atoms. The number of ether oxygens (including phenoxy) is 2. The molecule has 0 saturated heterocycles. The van der Waals surface area contributed by atoms with Crippen molar-refractivity contribution < 1.29 is 71.3 Å². The number of rotatable bonds is 5. The maximum Gasteiger partial charge on any atom is 0.516 e. The third-order valence-electron chi connectivity index (χ3n) is 2.32. The Bertz CT molecular complexity index is 520. The fourth-order valence-electron chi connectivity index (χ4n) is 1.09. The molecule has 0 fully saturated rings. The van der Waals surface area contributed by atoms with Crippen LogP contribution in [0.25, 0.3) is 0 Å². The number of hydrogen-bond acceptors (Lipinski definition) is 3. The van der Waals surface area contributed by atoms with E-state index >= 15 is 0 Å². The summed E-state index contributed by atoms with van der Waals surface area (Å²) in [6, 6.07) is 0. The highest BCUT2D eigenvalue weighted by Gasteiger charge is 2.92. The lowest BCUT2D eigenvalue weighted by molar-refractivity contribution is -0.467. The lowest BCUT2D eigenvalue weighted by Crippen LogP contribution is -2.72. The Balaban J connectivity index is 6.61. The second kappa shape index (κ2) is 6.12. The van der Waals surface area contributed by atoms with E-state index in [9.17, 15) is 61.9 Å². The van der Waals surface area contributed by atoms with Gasteiger partial charge in [-0.05, 0) is 0 Å². The van der Waals surface area contributed by atoms with Gasteiger partial charge in [0.1, 0.15) is 0 Å². The first-order chi connectivity index (χ1) is 10.7. The Hall–Kier alpha value is -1.90. The normalized spacial score (nSPS) is 16.8. The highest BCUT2D eigenvalue weighted by Crippen LogP contribution is 2.60. The van der Waals surface area contributed by atoms with Crippen molar-refractivity contribution in [2.24, 2.45) is 0 Å². The van der Waals surface area contributed by atoms with Gasteiger partial charge in [-0.25, -0.2) is 4.79 Å². The van der Waals surface area contributed by atoms with Crippen molar-refractivity contribution >= 4 is 6.16 Å². The molecule has 1 atom stereocenters. The summed E-state index contributed by atoms with van der Waals surface area (Å²) in [4.78, 5) is 10.5. The van der Waals surface area contributed by atoms with E-state index in [-0.39, 0.29) is 6.26 Å². The van der Waals surface area contributed by atoms with Crippen molar-refractivity contribution in [3.8, 4) is 0 Å². The minimum Gasteiger partial charge on any atom is -0.404 e. The molecule has 0 aromatic carbocycles. The molecule has 0 radical (unpaired) electrons.